The van der Waals surface area contributed by atoms with Crippen molar-refractivity contribution < 1.29 is 4.42 Å². The largest absolute Gasteiger partial charge is 0.459 e. The van der Waals surface area contributed by atoms with Gasteiger partial charge in [0.1, 0.15) is 11.3 Å². The molecule has 3 atom stereocenters. The minimum Gasteiger partial charge on any atom is -0.459 e. The van der Waals surface area contributed by atoms with Gasteiger partial charge in [0, 0.05) is 17.5 Å². The lowest BCUT2D eigenvalue weighted by atomic mass is 9.84. The standard InChI is InChI=1S/C18H24N2O/c1-11-4-3-5-12-10-16(21-18(11)12)17(19)13-8-14-6-7-15(9-13)20(14)2/h3-5,10,13-15,17H,6-9,19H2,1-2H3. The van der Waals surface area contributed by atoms with Gasteiger partial charge in [-0.2, -0.15) is 0 Å². The second kappa shape index (κ2) is 4.85. The van der Waals surface area contributed by atoms with Gasteiger partial charge in [0.25, 0.3) is 0 Å². The topological polar surface area (TPSA) is 42.4 Å². The van der Waals surface area contributed by atoms with Gasteiger partial charge in [0.15, 0.2) is 0 Å². The molecule has 3 heterocycles. The second-order valence-corrected chi connectivity index (χ2v) is 6.95. The Bertz CT molecular complexity index is 648. The van der Waals surface area contributed by atoms with Crippen molar-refractivity contribution in [3.63, 3.8) is 0 Å². The van der Waals surface area contributed by atoms with E-state index in [1.807, 2.05) is 0 Å². The number of rotatable bonds is 2. The van der Waals surface area contributed by atoms with Crippen molar-refractivity contribution in [1.29, 1.82) is 0 Å². The first-order valence-electron chi connectivity index (χ1n) is 8.10. The highest BCUT2D eigenvalue weighted by atomic mass is 16.3. The Balaban J connectivity index is 1.62. The summed E-state index contributed by atoms with van der Waals surface area (Å²) in [7, 11) is 2.27. The molecule has 21 heavy (non-hydrogen) atoms. The van der Waals surface area contributed by atoms with E-state index in [1.54, 1.807) is 0 Å². The molecule has 2 fully saturated rings. The van der Waals surface area contributed by atoms with Crippen molar-refractivity contribution in [2.75, 3.05) is 7.05 Å². The number of hydrogen-bond acceptors (Lipinski definition) is 3. The summed E-state index contributed by atoms with van der Waals surface area (Å²) in [4.78, 5) is 2.56. The summed E-state index contributed by atoms with van der Waals surface area (Å²) in [5.74, 6) is 1.52. The number of para-hydroxylation sites is 1. The van der Waals surface area contributed by atoms with Crippen LogP contribution in [0.15, 0.2) is 28.7 Å². The molecule has 2 aromatic rings. The highest BCUT2D eigenvalue weighted by molar-refractivity contribution is 5.81. The first-order chi connectivity index (χ1) is 10.1. The first-order valence-corrected chi connectivity index (χ1v) is 8.10. The van der Waals surface area contributed by atoms with Crippen LogP contribution in [0.1, 0.15) is 43.0 Å². The lowest BCUT2D eigenvalue weighted by Crippen LogP contribution is -2.42. The zero-order chi connectivity index (χ0) is 14.6. The van der Waals surface area contributed by atoms with Gasteiger partial charge in [-0.3, -0.25) is 0 Å². The Hall–Kier alpha value is -1.32. The van der Waals surface area contributed by atoms with Crippen LogP contribution >= 0.6 is 0 Å². The van der Waals surface area contributed by atoms with Gasteiger partial charge in [-0.25, -0.2) is 0 Å². The van der Waals surface area contributed by atoms with Crippen LogP contribution in [0.5, 0.6) is 0 Å². The third-order valence-corrected chi connectivity index (χ3v) is 5.73. The van der Waals surface area contributed by atoms with Crippen LogP contribution < -0.4 is 5.73 Å². The maximum absolute atomic E-state index is 6.57. The smallest absolute Gasteiger partial charge is 0.137 e. The number of piperidine rings is 1. The third kappa shape index (κ3) is 2.11. The fourth-order valence-corrected chi connectivity index (χ4v) is 4.37. The maximum atomic E-state index is 6.57. The quantitative estimate of drug-likeness (QED) is 0.916. The molecular weight excluding hydrogens is 260 g/mol. The van der Waals surface area contributed by atoms with Gasteiger partial charge in [0.2, 0.25) is 0 Å². The summed E-state index contributed by atoms with van der Waals surface area (Å²) in [5, 5.41) is 1.18. The Labute approximate surface area is 126 Å². The molecule has 3 nitrogen and oxygen atoms in total. The molecule has 0 spiro atoms. The summed E-state index contributed by atoms with van der Waals surface area (Å²) in [6, 6.07) is 9.92. The number of furan rings is 1. The van der Waals surface area contributed by atoms with Crippen molar-refractivity contribution >= 4 is 11.0 Å². The summed E-state index contributed by atoms with van der Waals surface area (Å²) in [6.45, 7) is 2.09. The van der Waals surface area contributed by atoms with Crippen molar-refractivity contribution in [2.45, 2.75) is 50.7 Å². The molecule has 1 aromatic heterocycles. The highest BCUT2D eigenvalue weighted by Gasteiger charge is 2.41. The average molecular weight is 284 g/mol. The van der Waals surface area contributed by atoms with Gasteiger partial charge < -0.3 is 15.1 Å². The molecule has 112 valence electrons. The van der Waals surface area contributed by atoms with E-state index in [4.69, 9.17) is 10.2 Å². The second-order valence-electron chi connectivity index (χ2n) is 6.95. The van der Waals surface area contributed by atoms with E-state index < -0.39 is 0 Å². The highest BCUT2D eigenvalue weighted by Crippen LogP contribution is 2.42. The number of aryl methyl sites for hydroxylation is 1. The molecule has 4 rings (SSSR count). The summed E-state index contributed by atoms with van der Waals surface area (Å²) in [5.41, 5.74) is 8.76. The minimum absolute atomic E-state index is 0.0357. The van der Waals surface area contributed by atoms with Crippen LogP contribution in [0, 0.1) is 12.8 Å². The molecule has 0 amide bonds. The minimum atomic E-state index is 0.0357. The molecule has 2 N–H and O–H groups in total. The van der Waals surface area contributed by atoms with Gasteiger partial charge in [-0.15, -0.1) is 0 Å². The zero-order valence-corrected chi connectivity index (χ0v) is 12.9. The Morgan fingerprint density at radius 2 is 1.95 bits per heavy atom. The molecule has 2 saturated heterocycles. The van der Waals surface area contributed by atoms with Gasteiger partial charge in [0.05, 0.1) is 6.04 Å². The zero-order valence-electron chi connectivity index (χ0n) is 12.9. The first kappa shape index (κ1) is 13.4. The average Bonchev–Trinajstić information content (AvgIpc) is 2.97. The van der Waals surface area contributed by atoms with Crippen molar-refractivity contribution in [2.24, 2.45) is 11.7 Å². The van der Waals surface area contributed by atoms with Gasteiger partial charge in [-0.1, -0.05) is 18.2 Å². The van der Waals surface area contributed by atoms with Crippen LogP contribution in [-0.4, -0.2) is 24.0 Å². The predicted molar refractivity (Wildman–Crippen MR) is 85.2 cm³/mol. The lowest BCUT2D eigenvalue weighted by molar-refractivity contribution is 0.116. The normalized spacial score (nSPS) is 30.9. The predicted octanol–water partition coefficient (Wildman–Crippen LogP) is 3.61. The van der Waals surface area contributed by atoms with E-state index in [2.05, 4.69) is 43.1 Å². The van der Waals surface area contributed by atoms with Crippen molar-refractivity contribution in [1.82, 2.24) is 4.90 Å². The van der Waals surface area contributed by atoms with Crippen molar-refractivity contribution in [3.8, 4) is 0 Å². The number of nitrogens with zero attached hydrogens (tertiary/aromatic N) is 1. The number of fused-ring (bicyclic) bond motifs is 3. The molecule has 3 unspecified atom stereocenters. The summed E-state index contributed by atoms with van der Waals surface area (Å²) < 4.78 is 6.09. The Morgan fingerprint density at radius 1 is 1.24 bits per heavy atom. The van der Waals surface area contributed by atoms with Gasteiger partial charge in [-0.05, 0) is 57.2 Å². The molecule has 3 heteroatoms. The van der Waals surface area contributed by atoms with E-state index >= 15 is 0 Å². The fraction of sp³-hybridized carbons (Fsp3) is 0.556. The number of hydrogen-bond donors (Lipinski definition) is 1. The molecule has 0 radical (unpaired) electrons. The molecular formula is C18H24N2O. The van der Waals surface area contributed by atoms with E-state index in [0.29, 0.717) is 5.92 Å². The third-order valence-electron chi connectivity index (χ3n) is 5.73. The van der Waals surface area contributed by atoms with Crippen molar-refractivity contribution in [3.05, 3.63) is 35.6 Å². The molecule has 2 aliphatic rings. The van der Waals surface area contributed by atoms with E-state index in [0.717, 1.165) is 23.4 Å². The molecule has 2 bridgehead atoms. The summed E-state index contributed by atoms with van der Waals surface area (Å²) in [6.07, 6.45) is 5.10. The summed E-state index contributed by atoms with van der Waals surface area (Å²) >= 11 is 0. The van der Waals surface area contributed by atoms with E-state index in [1.165, 1.54) is 36.6 Å². The Kier molecular flexibility index (Phi) is 3.09. The van der Waals surface area contributed by atoms with E-state index in [-0.39, 0.29) is 6.04 Å². The van der Waals surface area contributed by atoms with Crippen LogP contribution in [0.2, 0.25) is 0 Å². The molecule has 1 aromatic carbocycles. The molecule has 0 saturated carbocycles. The van der Waals surface area contributed by atoms with E-state index in [9.17, 15) is 0 Å². The number of benzene rings is 1. The van der Waals surface area contributed by atoms with Gasteiger partial charge >= 0.3 is 0 Å². The fourth-order valence-electron chi connectivity index (χ4n) is 4.37. The Morgan fingerprint density at radius 3 is 2.62 bits per heavy atom. The lowest BCUT2D eigenvalue weighted by Gasteiger charge is -2.38. The molecule has 0 aliphatic carbocycles. The SMILES string of the molecule is Cc1cccc2cc(C(N)C3CC4CCC(C3)N4C)oc12. The maximum Gasteiger partial charge on any atom is 0.137 e. The van der Waals surface area contributed by atoms with Crippen LogP contribution in [0.3, 0.4) is 0 Å². The molecule has 2 aliphatic heterocycles. The van der Waals surface area contributed by atoms with Crippen LogP contribution in [0.25, 0.3) is 11.0 Å². The number of nitrogens with two attached hydrogens (primary N) is 1. The van der Waals surface area contributed by atoms with Crippen LogP contribution in [0.4, 0.5) is 0 Å². The monoisotopic (exact) mass is 284 g/mol. The van der Waals surface area contributed by atoms with Crippen LogP contribution in [-0.2, 0) is 0 Å².